The number of hydrogen-bond donors (Lipinski definition) is 3. The van der Waals surface area contributed by atoms with Crippen LogP contribution in [0.15, 0.2) is 28.9 Å². The van der Waals surface area contributed by atoms with E-state index in [0.29, 0.717) is 16.0 Å². The van der Waals surface area contributed by atoms with Crippen molar-refractivity contribution >= 4 is 33.4 Å². The zero-order chi connectivity index (χ0) is 15.0. The van der Waals surface area contributed by atoms with E-state index in [1.165, 1.54) is 18.3 Å². The minimum atomic E-state index is -3.65. The monoisotopic (exact) mass is 359 g/mol. The molecule has 0 saturated heterocycles. The Morgan fingerprint density at radius 1 is 1.24 bits per heavy atom. The van der Waals surface area contributed by atoms with E-state index in [4.69, 9.17) is 5.84 Å². The zero-order valence-electron chi connectivity index (χ0n) is 10.2. The van der Waals surface area contributed by atoms with Crippen LogP contribution in [0.4, 0.5) is 26.2 Å². The molecular formula is C11H8BrF2N5O2. The highest BCUT2D eigenvalue weighted by Gasteiger charge is 2.43. The second-order valence-electron chi connectivity index (χ2n) is 3.99. The number of hydrogen-bond acceptors (Lipinski definition) is 7. The number of aromatic nitrogens is 2. The molecule has 0 amide bonds. The molecule has 110 valence electrons. The number of ether oxygens (including phenoxy) is 2. The summed E-state index contributed by atoms with van der Waals surface area (Å²) in [5.74, 6) is 5.74. The lowest BCUT2D eigenvalue weighted by Crippen LogP contribution is -2.25. The summed E-state index contributed by atoms with van der Waals surface area (Å²) in [5.41, 5.74) is 2.79. The van der Waals surface area contributed by atoms with Crippen molar-refractivity contribution in [1.82, 2.24) is 9.97 Å². The maximum Gasteiger partial charge on any atom is 0.586 e. The molecule has 0 unspecified atom stereocenters. The van der Waals surface area contributed by atoms with E-state index >= 15 is 0 Å². The van der Waals surface area contributed by atoms with Crippen molar-refractivity contribution in [1.29, 1.82) is 0 Å². The Kier molecular flexibility index (Phi) is 3.26. The number of alkyl halides is 2. The van der Waals surface area contributed by atoms with Gasteiger partial charge in [-0.1, -0.05) is 0 Å². The van der Waals surface area contributed by atoms with Gasteiger partial charge in [0.15, 0.2) is 11.5 Å². The number of hydrazine groups is 1. The van der Waals surface area contributed by atoms with E-state index in [1.807, 2.05) is 0 Å². The number of nitrogens with two attached hydrogens (primary N) is 1. The van der Waals surface area contributed by atoms with Gasteiger partial charge < -0.3 is 14.8 Å². The molecule has 1 aromatic heterocycles. The molecule has 10 heteroatoms. The van der Waals surface area contributed by atoms with Crippen LogP contribution in [0.5, 0.6) is 11.5 Å². The highest BCUT2D eigenvalue weighted by Crippen LogP contribution is 2.42. The molecule has 1 aromatic carbocycles. The predicted molar refractivity (Wildman–Crippen MR) is 73.5 cm³/mol. The Morgan fingerprint density at radius 3 is 2.76 bits per heavy atom. The standard InChI is InChI=1S/C11H8BrF2N5O2/c12-6-4-16-10(19-15)18-9(6)17-5-1-2-7-8(3-5)21-11(13,14)20-7/h1-4H,15H2,(H2,16,17,18,19). The van der Waals surface area contributed by atoms with Gasteiger partial charge in [0, 0.05) is 18.0 Å². The van der Waals surface area contributed by atoms with Crippen molar-refractivity contribution in [2.45, 2.75) is 6.29 Å². The lowest BCUT2D eigenvalue weighted by atomic mass is 10.3. The molecule has 21 heavy (non-hydrogen) atoms. The summed E-state index contributed by atoms with van der Waals surface area (Å²) >= 11 is 3.27. The molecule has 0 aliphatic carbocycles. The van der Waals surface area contributed by atoms with Crippen LogP contribution < -0.4 is 26.1 Å². The van der Waals surface area contributed by atoms with Gasteiger partial charge in [0.05, 0.1) is 4.47 Å². The van der Waals surface area contributed by atoms with Crippen LogP contribution in [0.2, 0.25) is 0 Å². The van der Waals surface area contributed by atoms with Gasteiger partial charge in [-0.15, -0.1) is 8.78 Å². The molecule has 1 aliphatic heterocycles. The maximum atomic E-state index is 12.9. The normalized spacial score (nSPS) is 14.9. The van der Waals surface area contributed by atoms with E-state index in [-0.39, 0.29) is 17.4 Å². The minimum absolute atomic E-state index is 0.0309. The molecule has 0 radical (unpaired) electrons. The van der Waals surface area contributed by atoms with E-state index in [0.717, 1.165) is 0 Å². The van der Waals surface area contributed by atoms with Crippen molar-refractivity contribution in [3.8, 4) is 11.5 Å². The van der Waals surface area contributed by atoms with Gasteiger partial charge in [-0.3, -0.25) is 5.43 Å². The number of anilines is 3. The third kappa shape index (κ3) is 2.81. The maximum absolute atomic E-state index is 12.9. The van der Waals surface area contributed by atoms with Gasteiger partial charge in [-0.05, 0) is 28.1 Å². The van der Waals surface area contributed by atoms with Crippen LogP contribution in [0.1, 0.15) is 0 Å². The number of nitrogens with one attached hydrogen (secondary N) is 2. The summed E-state index contributed by atoms with van der Waals surface area (Å²) < 4.78 is 35.2. The molecule has 0 bridgehead atoms. The highest BCUT2D eigenvalue weighted by molar-refractivity contribution is 9.10. The fourth-order valence-electron chi connectivity index (χ4n) is 1.69. The van der Waals surface area contributed by atoms with E-state index in [2.05, 4.69) is 46.1 Å². The average Bonchev–Trinajstić information content (AvgIpc) is 2.74. The quantitative estimate of drug-likeness (QED) is 0.572. The van der Waals surface area contributed by atoms with Crippen molar-refractivity contribution in [2.75, 3.05) is 10.7 Å². The second-order valence-corrected chi connectivity index (χ2v) is 4.84. The molecule has 3 rings (SSSR count). The van der Waals surface area contributed by atoms with E-state index in [1.54, 1.807) is 6.07 Å². The molecule has 7 nitrogen and oxygen atoms in total. The van der Waals surface area contributed by atoms with Crippen LogP contribution in [-0.4, -0.2) is 16.3 Å². The van der Waals surface area contributed by atoms with E-state index < -0.39 is 6.29 Å². The smallest absolute Gasteiger partial charge is 0.395 e. The largest absolute Gasteiger partial charge is 0.586 e. The molecule has 0 atom stereocenters. The summed E-state index contributed by atoms with van der Waals surface area (Å²) in [6.07, 6.45) is -2.15. The summed E-state index contributed by atoms with van der Waals surface area (Å²) in [6.45, 7) is 0. The summed E-state index contributed by atoms with van der Waals surface area (Å²) in [7, 11) is 0. The number of rotatable bonds is 3. The van der Waals surface area contributed by atoms with Crippen molar-refractivity contribution in [2.24, 2.45) is 5.84 Å². The first-order chi connectivity index (χ1) is 9.97. The zero-order valence-corrected chi connectivity index (χ0v) is 11.8. The number of nitrogens with zero attached hydrogens (tertiary/aromatic N) is 2. The summed E-state index contributed by atoms with van der Waals surface area (Å²) in [6, 6.07) is 4.30. The lowest BCUT2D eigenvalue weighted by molar-refractivity contribution is -0.286. The summed E-state index contributed by atoms with van der Waals surface area (Å²) in [5, 5.41) is 2.93. The van der Waals surface area contributed by atoms with Crippen LogP contribution in [-0.2, 0) is 0 Å². The van der Waals surface area contributed by atoms with Crippen LogP contribution >= 0.6 is 15.9 Å². The van der Waals surface area contributed by atoms with Crippen molar-refractivity contribution < 1.29 is 18.3 Å². The molecule has 1 aliphatic rings. The molecule has 0 spiro atoms. The first-order valence-electron chi connectivity index (χ1n) is 5.63. The van der Waals surface area contributed by atoms with Crippen molar-refractivity contribution in [3.63, 3.8) is 0 Å². The van der Waals surface area contributed by atoms with Crippen LogP contribution in [0.25, 0.3) is 0 Å². The highest BCUT2D eigenvalue weighted by atomic mass is 79.9. The Morgan fingerprint density at radius 2 is 2.00 bits per heavy atom. The van der Waals surface area contributed by atoms with Gasteiger partial charge in [-0.25, -0.2) is 10.8 Å². The average molecular weight is 360 g/mol. The van der Waals surface area contributed by atoms with Gasteiger partial charge in [0.2, 0.25) is 5.95 Å². The number of halogens is 3. The van der Waals surface area contributed by atoms with E-state index in [9.17, 15) is 8.78 Å². The third-order valence-corrected chi connectivity index (χ3v) is 3.12. The van der Waals surface area contributed by atoms with Crippen LogP contribution in [0.3, 0.4) is 0 Å². The molecule has 4 N–H and O–H groups in total. The Labute approximate surface area is 125 Å². The fraction of sp³-hybridized carbons (Fsp3) is 0.0909. The van der Waals surface area contributed by atoms with Gasteiger partial charge in [-0.2, -0.15) is 4.98 Å². The Balaban J connectivity index is 1.87. The Bertz CT molecular complexity index is 700. The SMILES string of the molecule is NNc1ncc(Br)c(Nc2ccc3c(c2)OC(F)(F)O3)n1. The number of nitrogen functional groups attached to an aromatic ring is 1. The first-order valence-corrected chi connectivity index (χ1v) is 6.42. The lowest BCUT2D eigenvalue weighted by Gasteiger charge is -2.09. The molecule has 2 aromatic rings. The fourth-order valence-corrected chi connectivity index (χ4v) is 1.98. The Hall–Kier alpha value is -2.20. The molecular weight excluding hydrogens is 352 g/mol. The van der Waals surface area contributed by atoms with Crippen molar-refractivity contribution in [3.05, 3.63) is 28.9 Å². The molecule has 0 saturated carbocycles. The third-order valence-electron chi connectivity index (χ3n) is 2.54. The molecule has 0 fully saturated rings. The van der Waals surface area contributed by atoms with Gasteiger partial charge in [0.25, 0.3) is 0 Å². The predicted octanol–water partition coefficient (Wildman–Crippen LogP) is 2.59. The first kappa shape index (κ1) is 13.8. The number of benzene rings is 1. The van der Waals surface area contributed by atoms with Gasteiger partial charge >= 0.3 is 6.29 Å². The minimum Gasteiger partial charge on any atom is -0.395 e. The topological polar surface area (TPSA) is 94.3 Å². The molecule has 2 heterocycles. The summed E-state index contributed by atoms with van der Waals surface area (Å²) in [4.78, 5) is 7.98. The second kappa shape index (κ2) is 4.97. The van der Waals surface area contributed by atoms with Gasteiger partial charge in [0.1, 0.15) is 5.82 Å². The number of fused-ring (bicyclic) bond motifs is 1. The van der Waals surface area contributed by atoms with Crippen LogP contribution in [0, 0.1) is 0 Å².